The van der Waals surface area contributed by atoms with Crippen LogP contribution in [-0.2, 0) is 4.79 Å². The first-order chi connectivity index (χ1) is 10.3. The van der Waals surface area contributed by atoms with Crippen LogP contribution >= 0.6 is 0 Å². The number of carbonyl (C=O) groups excluding carboxylic acids is 1. The predicted octanol–water partition coefficient (Wildman–Crippen LogP) is 0.513. The lowest BCUT2D eigenvalue weighted by Gasteiger charge is -2.39. The molecule has 6 heteroatoms. The van der Waals surface area contributed by atoms with Gasteiger partial charge in [-0.3, -0.25) is 9.78 Å². The molecule has 21 heavy (non-hydrogen) atoms. The SMILES string of the molecule is C[C@@H]1CNCCN1C(=O)C1CCN(c2cnccn2)CC1. The number of aromatic nitrogens is 2. The Morgan fingerprint density at radius 1 is 1.29 bits per heavy atom. The van der Waals surface area contributed by atoms with Gasteiger partial charge >= 0.3 is 0 Å². The minimum Gasteiger partial charge on any atom is -0.355 e. The summed E-state index contributed by atoms with van der Waals surface area (Å²) in [6.07, 6.45) is 7.01. The molecule has 1 aromatic rings. The van der Waals surface area contributed by atoms with E-state index in [1.807, 2.05) is 0 Å². The van der Waals surface area contributed by atoms with E-state index in [1.165, 1.54) is 0 Å². The van der Waals surface area contributed by atoms with Crippen molar-refractivity contribution in [3.05, 3.63) is 18.6 Å². The van der Waals surface area contributed by atoms with Crippen molar-refractivity contribution >= 4 is 11.7 Å². The summed E-state index contributed by atoms with van der Waals surface area (Å²) in [5, 5.41) is 3.33. The molecule has 0 aliphatic carbocycles. The average Bonchev–Trinajstić information content (AvgIpc) is 2.56. The Hall–Kier alpha value is -1.69. The third-order valence-electron chi connectivity index (χ3n) is 4.50. The van der Waals surface area contributed by atoms with Crippen LogP contribution in [0.25, 0.3) is 0 Å². The molecule has 0 bridgehead atoms. The standard InChI is InChI=1S/C15H23N5O/c1-12-10-17-6-9-20(12)15(21)13-2-7-19(8-3-13)14-11-16-4-5-18-14/h4-5,11-13,17H,2-3,6-10H2,1H3/t12-/m1/s1. The maximum absolute atomic E-state index is 12.7. The molecule has 1 atom stereocenters. The lowest BCUT2D eigenvalue weighted by molar-refractivity contribution is -0.139. The van der Waals surface area contributed by atoms with Gasteiger partial charge in [0.2, 0.25) is 5.91 Å². The molecule has 1 amide bonds. The van der Waals surface area contributed by atoms with Gasteiger partial charge in [-0.15, -0.1) is 0 Å². The molecule has 6 nitrogen and oxygen atoms in total. The number of piperazine rings is 1. The molecule has 3 heterocycles. The van der Waals surface area contributed by atoms with Crippen molar-refractivity contribution in [3.63, 3.8) is 0 Å². The fourth-order valence-electron chi connectivity index (χ4n) is 3.21. The molecule has 1 N–H and O–H groups in total. The zero-order valence-corrected chi connectivity index (χ0v) is 12.5. The van der Waals surface area contributed by atoms with Gasteiger partial charge in [-0.2, -0.15) is 0 Å². The summed E-state index contributed by atoms with van der Waals surface area (Å²) in [4.78, 5) is 25.4. The van der Waals surface area contributed by atoms with E-state index in [2.05, 4.69) is 32.0 Å². The minimum atomic E-state index is 0.165. The second-order valence-corrected chi connectivity index (χ2v) is 5.91. The summed E-state index contributed by atoms with van der Waals surface area (Å²) in [6, 6.07) is 0.310. The summed E-state index contributed by atoms with van der Waals surface area (Å²) >= 11 is 0. The molecule has 0 aromatic carbocycles. The smallest absolute Gasteiger partial charge is 0.226 e. The highest BCUT2D eigenvalue weighted by molar-refractivity contribution is 5.79. The van der Waals surface area contributed by atoms with Gasteiger partial charge in [0.15, 0.2) is 0 Å². The molecule has 114 valence electrons. The van der Waals surface area contributed by atoms with Gasteiger partial charge in [-0.25, -0.2) is 4.98 Å². The van der Waals surface area contributed by atoms with Crippen LogP contribution in [0, 0.1) is 5.92 Å². The van der Waals surface area contributed by atoms with E-state index >= 15 is 0 Å². The maximum Gasteiger partial charge on any atom is 0.226 e. The van der Waals surface area contributed by atoms with Gasteiger partial charge in [0.25, 0.3) is 0 Å². The van der Waals surface area contributed by atoms with Crippen molar-refractivity contribution in [2.24, 2.45) is 5.92 Å². The average molecular weight is 289 g/mol. The number of hydrogen-bond donors (Lipinski definition) is 1. The summed E-state index contributed by atoms with van der Waals surface area (Å²) < 4.78 is 0. The zero-order valence-electron chi connectivity index (χ0n) is 12.5. The molecule has 2 aliphatic rings. The molecular weight excluding hydrogens is 266 g/mol. The van der Waals surface area contributed by atoms with E-state index in [0.29, 0.717) is 11.9 Å². The Bertz CT molecular complexity index is 472. The summed E-state index contributed by atoms with van der Waals surface area (Å²) in [5.41, 5.74) is 0. The van der Waals surface area contributed by atoms with Crippen LogP contribution in [0.4, 0.5) is 5.82 Å². The number of rotatable bonds is 2. The van der Waals surface area contributed by atoms with E-state index in [9.17, 15) is 4.79 Å². The topological polar surface area (TPSA) is 61.4 Å². The van der Waals surface area contributed by atoms with Crippen molar-refractivity contribution in [3.8, 4) is 0 Å². The molecule has 1 aromatic heterocycles. The van der Waals surface area contributed by atoms with Crippen LogP contribution in [0.1, 0.15) is 19.8 Å². The molecule has 0 unspecified atom stereocenters. The Morgan fingerprint density at radius 2 is 2.10 bits per heavy atom. The van der Waals surface area contributed by atoms with E-state index in [-0.39, 0.29) is 5.92 Å². The Labute approximate surface area is 125 Å². The molecule has 0 spiro atoms. The monoisotopic (exact) mass is 289 g/mol. The van der Waals surface area contributed by atoms with Gasteiger partial charge in [0, 0.05) is 57.1 Å². The van der Waals surface area contributed by atoms with Crippen molar-refractivity contribution in [2.45, 2.75) is 25.8 Å². The first-order valence-electron chi connectivity index (χ1n) is 7.78. The first-order valence-corrected chi connectivity index (χ1v) is 7.78. The van der Waals surface area contributed by atoms with E-state index in [1.54, 1.807) is 18.6 Å². The molecule has 2 aliphatic heterocycles. The van der Waals surface area contributed by atoms with Crippen molar-refractivity contribution in [1.82, 2.24) is 20.2 Å². The lowest BCUT2D eigenvalue weighted by Crippen LogP contribution is -2.54. The third kappa shape index (κ3) is 3.15. The molecule has 2 saturated heterocycles. The Balaban J connectivity index is 1.57. The Kier molecular flexibility index (Phi) is 4.34. The zero-order chi connectivity index (χ0) is 14.7. The normalized spacial score (nSPS) is 24.1. The second-order valence-electron chi connectivity index (χ2n) is 5.91. The number of piperidine rings is 1. The van der Waals surface area contributed by atoms with Crippen molar-refractivity contribution in [2.75, 3.05) is 37.6 Å². The van der Waals surface area contributed by atoms with Crippen LogP contribution in [-0.4, -0.2) is 59.5 Å². The summed E-state index contributed by atoms with van der Waals surface area (Å²) in [6.45, 7) is 6.55. The van der Waals surface area contributed by atoms with Gasteiger partial charge < -0.3 is 15.1 Å². The van der Waals surface area contributed by atoms with Crippen LogP contribution in [0.2, 0.25) is 0 Å². The van der Waals surface area contributed by atoms with Crippen LogP contribution in [0.5, 0.6) is 0 Å². The quantitative estimate of drug-likeness (QED) is 0.860. The van der Waals surface area contributed by atoms with E-state index < -0.39 is 0 Å². The maximum atomic E-state index is 12.7. The molecule has 2 fully saturated rings. The molecule has 3 rings (SSSR count). The van der Waals surface area contributed by atoms with Gasteiger partial charge in [-0.1, -0.05) is 0 Å². The van der Waals surface area contributed by atoms with Crippen LogP contribution in [0.3, 0.4) is 0 Å². The molecular formula is C15H23N5O. The van der Waals surface area contributed by atoms with E-state index in [0.717, 1.165) is 51.4 Å². The number of nitrogens with one attached hydrogen (secondary N) is 1. The van der Waals surface area contributed by atoms with Gasteiger partial charge in [0.05, 0.1) is 6.20 Å². The number of nitrogens with zero attached hydrogens (tertiary/aromatic N) is 4. The molecule has 0 saturated carbocycles. The second kappa shape index (κ2) is 6.39. The highest BCUT2D eigenvalue weighted by atomic mass is 16.2. The fourth-order valence-corrected chi connectivity index (χ4v) is 3.21. The minimum absolute atomic E-state index is 0.165. The number of carbonyl (C=O) groups is 1. The van der Waals surface area contributed by atoms with Crippen molar-refractivity contribution < 1.29 is 4.79 Å². The largest absolute Gasteiger partial charge is 0.355 e. The molecule has 0 radical (unpaired) electrons. The van der Waals surface area contributed by atoms with Crippen LogP contribution in [0.15, 0.2) is 18.6 Å². The van der Waals surface area contributed by atoms with Crippen molar-refractivity contribution in [1.29, 1.82) is 0 Å². The first kappa shape index (κ1) is 14.3. The summed E-state index contributed by atoms with van der Waals surface area (Å²) in [5.74, 6) is 1.42. The third-order valence-corrected chi connectivity index (χ3v) is 4.50. The highest BCUT2D eigenvalue weighted by Crippen LogP contribution is 2.23. The van der Waals surface area contributed by atoms with E-state index in [4.69, 9.17) is 0 Å². The Morgan fingerprint density at radius 3 is 2.76 bits per heavy atom. The fraction of sp³-hybridized carbons (Fsp3) is 0.667. The van der Waals surface area contributed by atoms with Gasteiger partial charge in [0.1, 0.15) is 5.82 Å². The number of anilines is 1. The highest BCUT2D eigenvalue weighted by Gasteiger charge is 2.32. The predicted molar refractivity (Wildman–Crippen MR) is 81.0 cm³/mol. The summed E-state index contributed by atoms with van der Waals surface area (Å²) in [7, 11) is 0. The van der Waals surface area contributed by atoms with Crippen LogP contribution < -0.4 is 10.2 Å². The lowest BCUT2D eigenvalue weighted by atomic mass is 9.94. The van der Waals surface area contributed by atoms with Gasteiger partial charge in [-0.05, 0) is 19.8 Å². The number of hydrogen-bond acceptors (Lipinski definition) is 5. The number of amides is 1.